The number of aryl methyl sites for hydroxylation is 1. The third kappa shape index (κ3) is 2.53. The van der Waals surface area contributed by atoms with Crippen LogP contribution in [0, 0.1) is 6.92 Å². The monoisotopic (exact) mass is 286 g/mol. The van der Waals surface area contributed by atoms with Gasteiger partial charge in [0.05, 0.1) is 0 Å². The molecule has 106 valence electrons. The molecule has 2 nitrogen and oxygen atoms in total. The summed E-state index contributed by atoms with van der Waals surface area (Å²) < 4.78 is 0. The average Bonchev–Trinajstić information content (AvgIpc) is 2.93. The molecule has 1 aliphatic rings. The second-order valence-electron chi connectivity index (χ2n) is 5.66. The van der Waals surface area contributed by atoms with Gasteiger partial charge in [-0.25, -0.2) is 0 Å². The van der Waals surface area contributed by atoms with E-state index in [4.69, 9.17) is 5.73 Å². The van der Waals surface area contributed by atoms with Crippen LogP contribution in [0.5, 0.6) is 0 Å². The molecule has 0 spiro atoms. The fraction of sp³-hybridized carbons (Fsp3) is 0.412. The molecule has 0 aliphatic carbocycles. The zero-order valence-electron chi connectivity index (χ0n) is 12.2. The Kier molecular flexibility index (Phi) is 3.92. The summed E-state index contributed by atoms with van der Waals surface area (Å²) in [5.41, 5.74) is 11.2. The Balaban J connectivity index is 1.79. The Labute approximate surface area is 125 Å². The first kappa shape index (κ1) is 13.8. The van der Waals surface area contributed by atoms with Gasteiger partial charge in [-0.1, -0.05) is 18.2 Å². The standard InChI is InChI=1S/C17H22N2S/c1-12-9-14(10-18)3-4-15(12)11-19-7-5-17-16(13(19)2)6-8-20-17/h3-4,6,8-9,13H,5,7,10-11,18H2,1-2H3. The number of nitrogens with zero attached hydrogens (tertiary/aromatic N) is 1. The maximum Gasteiger partial charge on any atom is 0.0334 e. The summed E-state index contributed by atoms with van der Waals surface area (Å²) in [6, 6.07) is 9.44. The van der Waals surface area contributed by atoms with Crippen LogP contribution >= 0.6 is 11.3 Å². The summed E-state index contributed by atoms with van der Waals surface area (Å²) in [4.78, 5) is 4.16. The molecule has 0 saturated carbocycles. The molecule has 2 aromatic rings. The molecule has 0 fully saturated rings. The second kappa shape index (κ2) is 5.68. The lowest BCUT2D eigenvalue weighted by molar-refractivity contribution is 0.191. The molecular formula is C17H22N2S. The van der Waals surface area contributed by atoms with E-state index in [1.807, 2.05) is 11.3 Å². The van der Waals surface area contributed by atoms with Crippen LogP contribution in [0.4, 0.5) is 0 Å². The van der Waals surface area contributed by atoms with Gasteiger partial charge < -0.3 is 5.73 Å². The lowest BCUT2D eigenvalue weighted by Gasteiger charge is -2.34. The number of thiophene rings is 1. The van der Waals surface area contributed by atoms with Gasteiger partial charge in [-0.15, -0.1) is 11.3 Å². The predicted octanol–water partition coefficient (Wildman–Crippen LogP) is 3.63. The summed E-state index contributed by atoms with van der Waals surface area (Å²) in [5, 5.41) is 2.23. The molecule has 0 saturated heterocycles. The molecule has 2 N–H and O–H groups in total. The van der Waals surface area contributed by atoms with E-state index in [0.717, 1.165) is 13.1 Å². The van der Waals surface area contributed by atoms with E-state index in [1.165, 1.54) is 28.7 Å². The fourth-order valence-corrected chi connectivity index (χ4v) is 4.02. The van der Waals surface area contributed by atoms with Gasteiger partial charge in [0.25, 0.3) is 0 Å². The molecule has 1 aromatic carbocycles. The third-order valence-corrected chi connectivity index (χ3v) is 5.42. The topological polar surface area (TPSA) is 29.3 Å². The van der Waals surface area contributed by atoms with Gasteiger partial charge in [0.15, 0.2) is 0 Å². The Bertz CT molecular complexity index is 603. The molecule has 0 amide bonds. The number of rotatable bonds is 3. The third-order valence-electron chi connectivity index (χ3n) is 4.42. The van der Waals surface area contributed by atoms with Crippen molar-refractivity contribution in [1.29, 1.82) is 0 Å². The van der Waals surface area contributed by atoms with Gasteiger partial charge in [-0.3, -0.25) is 4.90 Å². The number of fused-ring (bicyclic) bond motifs is 1. The van der Waals surface area contributed by atoms with Gasteiger partial charge in [0.1, 0.15) is 0 Å². The molecule has 3 heteroatoms. The van der Waals surface area contributed by atoms with Crippen molar-refractivity contribution in [2.24, 2.45) is 5.73 Å². The van der Waals surface area contributed by atoms with Gasteiger partial charge in [0, 0.05) is 30.6 Å². The fourth-order valence-electron chi connectivity index (χ4n) is 3.06. The first-order valence-electron chi connectivity index (χ1n) is 7.28. The Morgan fingerprint density at radius 3 is 2.95 bits per heavy atom. The smallest absolute Gasteiger partial charge is 0.0334 e. The van der Waals surface area contributed by atoms with E-state index in [0.29, 0.717) is 12.6 Å². The molecule has 1 aromatic heterocycles. The normalized spacial score (nSPS) is 19.1. The zero-order valence-corrected chi connectivity index (χ0v) is 13.0. The number of hydrogen-bond acceptors (Lipinski definition) is 3. The Morgan fingerprint density at radius 2 is 2.20 bits per heavy atom. The summed E-state index contributed by atoms with van der Waals surface area (Å²) >= 11 is 1.90. The van der Waals surface area contributed by atoms with Crippen molar-refractivity contribution in [3.8, 4) is 0 Å². The second-order valence-corrected chi connectivity index (χ2v) is 6.66. The molecule has 0 bridgehead atoms. The van der Waals surface area contributed by atoms with Gasteiger partial charge in [0.2, 0.25) is 0 Å². The minimum Gasteiger partial charge on any atom is -0.326 e. The predicted molar refractivity (Wildman–Crippen MR) is 85.9 cm³/mol. The van der Waals surface area contributed by atoms with E-state index in [1.54, 1.807) is 4.88 Å². The summed E-state index contributed by atoms with van der Waals surface area (Å²) in [6.45, 7) is 7.34. The van der Waals surface area contributed by atoms with Crippen molar-refractivity contribution in [2.75, 3.05) is 6.54 Å². The summed E-state index contributed by atoms with van der Waals surface area (Å²) in [6.07, 6.45) is 1.19. The molecule has 20 heavy (non-hydrogen) atoms. The summed E-state index contributed by atoms with van der Waals surface area (Å²) in [7, 11) is 0. The van der Waals surface area contributed by atoms with Crippen LogP contribution in [0.15, 0.2) is 29.6 Å². The lowest BCUT2D eigenvalue weighted by atomic mass is 9.99. The van der Waals surface area contributed by atoms with Gasteiger partial charge in [-0.2, -0.15) is 0 Å². The first-order valence-corrected chi connectivity index (χ1v) is 8.16. The van der Waals surface area contributed by atoms with Crippen molar-refractivity contribution in [3.05, 3.63) is 56.8 Å². The van der Waals surface area contributed by atoms with Crippen LogP contribution < -0.4 is 5.73 Å². The van der Waals surface area contributed by atoms with E-state index >= 15 is 0 Å². The SMILES string of the molecule is Cc1cc(CN)ccc1CN1CCc2sccc2C1C. The largest absolute Gasteiger partial charge is 0.326 e. The highest BCUT2D eigenvalue weighted by Crippen LogP contribution is 2.33. The Hall–Kier alpha value is -1.16. The molecule has 1 unspecified atom stereocenters. The van der Waals surface area contributed by atoms with E-state index in [9.17, 15) is 0 Å². The number of hydrogen-bond donors (Lipinski definition) is 1. The minimum absolute atomic E-state index is 0.526. The van der Waals surface area contributed by atoms with Crippen molar-refractivity contribution in [1.82, 2.24) is 4.90 Å². The highest BCUT2D eigenvalue weighted by molar-refractivity contribution is 7.10. The van der Waals surface area contributed by atoms with Crippen LogP contribution in [0.25, 0.3) is 0 Å². The van der Waals surface area contributed by atoms with Crippen molar-refractivity contribution >= 4 is 11.3 Å². The Morgan fingerprint density at radius 1 is 1.35 bits per heavy atom. The quantitative estimate of drug-likeness (QED) is 0.933. The maximum absolute atomic E-state index is 5.71. The average molecular weight is 286 g/mol. The maximum atomic E-state index is 5.71. The van der Waals surface area contributed by atoms with Crippen LogP contribution in [-0.4, -0.2) is 11.4 Å². The van der Waals surface area contributed by atoms with Gasteiger partial charge >= 0.3 is 0 Å². The van der Waals surface area contributed by atoms with E-state index in [2.05, 4.69) is 48.4 Å². The van der Waals surface area contributed by atoms with Crippen molar-refractivity contribution in [2.45, 2.75) is 39.4 Å². The summed E-state index contributed by atoms with van der Waals surface area (Å²) in [5.74, 6) is 0. The van der Waals surface area contributed by atoms with Crippen LogP contribution in [0.3, 0.4) is 0 Å². The van der Waals surface area contributed by atoms with Crippen molar-refractivity contribution < 1.29 is 0 Å². The molecular weight excluding hydrogens is 264 g/mol. The minimum atomic E-state index is 0.526. The molecule has 1 aliphatic heterocycles. The number of benzene rings is 1. The van der Waals surface area contributed by atoms with Crippen LogP contribution in [-0.2, 0) is 19.5 Å². The highest BCUT2D eigenvalue weighted by Gasteiger charge is 2.24. The zero-order chi connectivity index (χ0) is 14.1. The van der Waals surface area contributed by atoms with E-state index < -0.39 is 0 Å². The lowest BCUT2D eigenvalue weighted by Crippen LogP contribution is -2.32. The number of nitrogens with two attached hydrogens (primary N) is 1. The van der Waals surface area contributed by atoms with Crippen molar-refractivity contribution in [3.63, 3.8) is 0 Å². The highest BCUT2D eigenvalue weighted by atomic mass is 32.1. The van der Waals surface area contributed by atoms with Crippen LogP contribution in [0.1, 0.15) is 40.1 Å². The molecule has 0 radical (unpaired) electrons. The van der Waals surface area contributed by atoms with E-state index in [-0.39, 0.29) is 0 Å². The first-order chi connectivity index (χ1) is 9.69. The molecule has 1 atom stereocenters. The van der Waals surface area contributed by atoms with Crippen LogP contribution in [0.2, 0.25) is 0 Å². The molecule has 3 rings (SSSR count). The van der Waals surface area contributed by atoms with Gasteiger partial charge in [-0.05, 0) is 54.0 Å². The molecule has 2 heterocycles.